The molecule has 0 radical (unpaired) electrons. The summed E-state index contributed by atoms with van der Waals surface area (Å²) in [5, 5.41) is 6.90. The summed E-state index contributed by atoms with van der Waals surface area (Å²) in [5.41, 5.74) is 3.80. The molecule has 0 aliphatic carbocycles. The van der Waals surface area contributed by atoms with E-state index in [-0.39, 0.29) is 23.8 Å². The Kier molecular flexibility index (Phi) is 5.87. The number of hydrogen-bond acceptors (Lipinski definition) is 4. The van der Waals surface area contributed by atoms with E-state index in [4.69, 9.17) is 4.52 Å². The number of piperidine rings is 1. The molecule has 2 amide bonds. The van der Waals surface area contributed by atoms with Gasteiger partial charge in [-0.15, -0.1) is 0 Å². The lowest BCUT2D eigenvalue weighted by molar-refractivity contribution is -0.117. The Labute approximate surface area is 166 Å². The van der Waals surface area contributed by atoms with Crippen LogP contribution in [0.2, 0.25) is 0 Å². The SMILES string of the molecule is Cc1cc(C(=O)N2CCCC[C@@H]2C)ccc1NC(=O)[C@@H](C)c1c(C)noc1C. The van der Waals surface area contributed by atoms with Crippen LogP contribution < -0.4 is 5.32 Å². The Hall–Kier alpha value is -2.63. The van der Waals surface area contributed by atoms with Gasteiger partial charge in [-0.05, 0) is 77.6 Å². The number of carbonyl (C=O) groups is 2. The fraction of sp³-hybridized carbons (Fsp3) is 0.500. The molecule has 150 valence electrons. The molecule has 6 nitrogen and oxygen atoms in total. The van der Waals surface area contributed by atoms with Crippen molar-refractivity contribution in [3.05, 3.63) is 46.3 Å². The Bertz CT molecular complexity index is 868. The van der Waals surface area contributed by atoms with Gasteiger partial charge in [0.25, 0.3) is 5.91 Å². The fourth-order valence-corrected chi connectivity index (χ4v) is 3.98. The summed E-state index contributed by atoms with van der Waals surface area (Å²) in [4.78, 5) is 27.5. The van der Waals surface area contributed by atoms with E-state index < -0.39 is 0 Å². The van der Waals surface area contributed by atoms with Crippen molar-refractivity contribution in [2.24, 2.45) is 0 Å². The Morgan fingerprint density at radius 3 is 2.61 bits per heavy atom. The maximum absolute atomic E-state index is 12.9. The lowest BCUT2D eigenvalue weighted by atomic mass is 9.98. The first-order chi connectivity index (χ1) is 13.3. The topological polar surface area (TPSA) is 75.4 Å². The molecule has 1 saturated heterocycles. The largest absolute Gasteiger partial charge is 0.361 e. The number of nitrogens with one attached hydrogen (secondary N) is 1. The van der Waals surface area contributed by atoms with Crippen molar-refractivity contribution >= 4 is 17.5 Å². The summed E-state index contributed by atoms with van der Waals surface area (Å²) in [7, 11) is 0. The Balaban J connectivity index is 1.74. The molecule has 0 saturated carbocycles. The molecule has 0 bridgehead atoms. The molecule has 1 aromatic carbocycles. The second kappa shape index (κ2) is 8.17. The molecule has 2 heterocycles. The maximum atomic E-state index is 12.9. The minimum Gasteiger partial charge on any atom is -0.361 e. The number of nitrogens with zero attached hydrogens (tertiary/aromatic N) is 2. The van der Waals surface area contributed by atoms with Crippen LogP contribution in [0.1, 0.15) is 72.0 Å². The minimum absolute atomic E-state index is 0.0669. The highest BCUT2D eigenvalue weighted by atomic mass is 16.5. The van der Waals surface area contributed by atoms with Gasteiger partial charge in [0.05, 0.1) is 11.6 Å². The van der Waals surface area contributed by atoms with Gasteiger partial charge in [-0.1, -0.05) is 5.16 Å². The van der Waals surface area contributed by atoms with Crippen LogP contribution in [-0.4, -0.2) is 34.5 Å². The van der Waals surface area contributed by atoms with E-state index in [9.17, 15) is 9.59 Å². The summed E-state index contributed by atoms with van der Waals surface area (Å²) in [6.45, 7) is 10.3. The predicted molar refractivity (Wildman–Crippen MR) is 109 cm³/mol. The molecule has 1 aliphatic heterocycles. The molecular formula is C22H29N3O3. The second-order valence-corrected chi connectivity index (χ2v) is 7.82. The van der Waals surface area contributed by atoms with Crippen LogP contribution in [0.25, 0.3) is 0 Å². The summed E-state index contributed by atoms with van der Waals surface area (Å²) < 4.78 is 5.18. The molecule has 1 N–H and O–H groups in total. The van der Waals surface area contributed by atoms with E-state index in [2.05, 4.69) is 17.4 Å². The van der Waals surface area contributed by atoms with Crippen LogP contribution in [0.4, 0.5) is 5.69 Å². The van der Waals surface area contributed by atoms with Crippen molar-refractivity contribution in [3.8, 4) is 0 Å². The number of aryl methyl sites for hydroxylation is 3. The maximum Gasteiger partial charge on any atom is 0.254 e. The van der Waals surface area contributed by atoms with Crippen LogP contribution in [0.5, 0.6) is 0 Å². The number of hydrogen-bond donors (Lipinski definition) is 1. The molecule has 3 rings (SSSR count). The van der Waals surface area contributed by atoms with Gasteiger partial charge < -0.3 is 14.7 Å². The van der Waals surface area contributed by atoms with E-state index >= 15 is 0 Å². The lowest BCUT2D eigenvalue weighted by Gasteiger charge is -2.33. The zero-order valence-corrected chi connectivity index (χ0v) is 17.3. The van der Waals surface area contributed by atoms with Crippen LogP contribution in [0.15, 0.2) is 22.7 Å². The lowest BCUT2D eigenvalue weighted by Crippen LogP contribution is -2.42. The molecule has 1 aromatic heterocycles. The number of anilines is 1. The van der Waals surface area contributed by atoms with Crippen molar-refractivity contribution in [1.29, 1.82) is 0 Å². The molecule has 2 aromatic rings. The van der Waals surface area contributed by atoms with Gasteiger partial charge in [-0.25, -0.2) is 0 Å². The van der Waals surface area contributed by atoms with Gasteiger partial charge in [0, 0.05) is 29.4 Å². The van der Waals surface area contributed by atoms with Crippen LogP contribution in [0.3, 0.4) is 0 Å². The first-order valence-corrected chi connectivity index (χ1v) is 9.94. The molecule has 6 heteroatoms. The van der Waals surface area contributed by atoms with Crippen LogP contribution >= 0.6 is 0 Å². The zero-order chi connectivity index (χ0) is 20.4. The summed E-state index contributed by atoms with van der Waals surface area (Å²) in [6, 6.07) is 5.75. The smallest absolute Gasteiger partial charge is 0.254 e. The third-order valence-electron chi connectivity index (χ3n) is 5.71. The number of likely N-dealkylation sites (tertiary alicyclic amines) is 1. The summed E-state index contributed by atoms with van der Waals surface area (Å²) >= 11 is 0. The van der Waals surface area contributed by atoms with Gasteiger partial charge in [-0.3, -0.25) is 9.59 Å². The molecule has 1 fully saturated rings. The van der Waals surface area contributed by atoms with Crippen molar-refractivity contribution in [2.75, 3.05) is 11.9 Å². The normalized spacial score (nSPS) is 18.0. The van der Waals surface area contributed by atoms with Gasteiger partial charge in [0.2, 0.25) is 5.91 Å². The zero-order valence-electron chi connectivity index (χ0n) is 17.3. The van der Waals surface area contributed by atoms with Crippen molar-refractivity contribution in [1.82, 2.24) is 10.1 Å². The fourth-order valence-electron chi connectivity index (χ4n) is 3.98. The van der Waals surface area contributed by atoms with E-state index in [1.54, 1.807) is 6.07 Å². The van der Waals surface area contributed by atoms with Crippen LogP contribution in [-0.2, 0) is 4.79 Å². The Morgan fingerprint density at radius 2 is 2.00 bits per heavy atom. The monoisotopic (exact) mass is 383 g/mol. The van der Waals surface area contributed by atoms with E-state index in [1.165, 1.54) is 6.42 Å². The van der Waals surface area contributed by atoms with E-state index in [0.717, 1.165) is 36.2 Å². The summed E-state index contributed by atoms with van der Waals surface area (Å²) in [5.74, 6) is 0.230. The quantitative estimate of drug-likeness (QED) is 0.851. The first kappa shape index (κ1) is 20.1. The second-order valence-electron chi connectivity index (χ2n) is 7.82. The van der Waals surface area contributed by atoms with Crippen molar-refractivity contribution in [2.45, 2.75) is 65.8 Å². The third-order valence-corrected chi connectivity index (χ3v) is 5.71. The highest BCUT2D eigenvalue weighted by Gasteiger charge is 2.26. The molecular weight excluding hydrogens is 354 g/mol. The average molecular weight is 383 g/mol. The number of aromatic nitrogens is 1. The first-order valence-electron chi connectivity index (χ1n) is 9.94. The van der Waals surface area contributed by atoms with E-state index in [0.29, 0.717) is 17.0 Å². The number of carbonyl (C=O) groups excluding carboxylic acids is 2. The van der Waals surface area contributed by atoms with Gasteiger partial charge in [0.1, 0.15) is 5.76 Å². The highest BCUT2D eigenvalue weighted by molar-refractivity contribution is 5.98. The third kappa shape index (κ3) is 3.96. The molecule has 28 heavy (non-hydrogen) atoms. The van der Waals surface area contributed by atoms with Gasteiger partial charge in [0.15, 0.2) is 0 Å². The minimum atomic E-state index is -0.374. The average Bonchev–Trinajstić information content (AvgIpc) is 3.00. The van der Waals surface area contributed by atoms with Crippen molar-refractivity contribution in [3.63, 3.8) is 0 Å². The van der Waals surface area contributed by atoms with E-state index in [1.807, 2.05) is 44.7 Å². The molecule has 0 unspecified atom stereocenters. The van der Waals surface area contributed by atoms with Gasteiger partial charge in [-0.2, -0.15) is 0 Å². The van der Waals surface area contributed by atoms with Crippen LogP contribution in [0, 0.1) is 20.8 Å². The standard InChI is InChI=1S/C22H29N3O3/c1-13-12-18(22(27)25-11-7-6-8-14(25)2)9-10-19(13)23-21(26)15(3)20-16(4)24-28-17(20)5/h9-10,12,14-15H,6-8,11H2,1-5H3,(H,23,26)/t14-,15-/m0/s1. The number of amides is 2. The number of benzene rings is 1. The highest BCUT2D eigenvalue weighted by Crippen LogP contribution is 2.26. The molecule has 2 atom stereocenters. The van der Waals surface area contributed by atoms with Gasteiger partial charge >= 0.3 is 0 Å². The molecule has 0 spiro atoms. The van der Waals surface area contributed by atoms with Crippen molar-refractivity contribution < 1.29 is 14.1 Å². The summed E-state index contributed by atoms with van der Waals surface area (Å²) in [6.07, 6.45) is 3.29. The Morgan fingerprint density at radius 1 is 1.25 bits per heavy atom. The number of rotatable bonds is 4. The molecule has 1 aliphatic rings. The predicted octanol–water partition coefficient (Wildman–Crippen LogP) is 4.36.